The fraction of sp³-hybridized carbons (Fsp3) is 0.500. The van der Waals surface area contributed by atoms with Crippen molar-refractivity contribution in [3.05, 3.63) is 36.0 Å². The molecule has 0 aliphatic heterocycles. The highest BCUT2D eigenvalue weighted by Crippen LogP contribution is 2.19. The van der Waals surface area contributed by atoms with Crippen LogP contribution in [0.5, 0.6) is 0 Å². The van der Waals surface area contributed by atoms with E-state index >= 15 is 0 Å². The molecule has 0 saturated heterocycles. The van der Waals surface area contributed by atoms with Crippen molar-refractivity contribution in [3.8, 4) is 0 Å². The minimum atomic E-state index is -1.88. The SMILES string of the molecule is CC(C)[C@H](NC(=O)[C@H](Cc1c[nH]c2ccccc12)NC(=O)[C@@H](NC(=O)[C@H](CC(=O)O)NC(=O)CNC(=O)[C@H](CCC(=O)O)NC(=O)[C@@H](N)CS)[C@@H](C)O)C(=O)O. The van der Waals surface area contributed by atoms with E-state index in [1.54, 1.807) is 44.3 Å². The summed E-state index contributed by atoms with van der Waals surface area (Å²) >= 11 is 3.89. The molecule has 308 valence electrons. The first-order valence-electron chi connectivity index (χ1n) is 17.3. The van der Waals surface area contributed by atoms with E-state index in [1.165, 1.54) is 0 Å². The minimum absolute atomic E-state index is 0.0987. The molecular weight excluding hydrogens is 760 g/mol. The molecule has 1 aromatic heterocycles. The van der Waals surface area contributed by atoms with Gasteiger partial charge in [-0.05, 0) is 30.9 Å². The molecule has 1 aromatic carbocycles. The van der Waals surface area contributed by atoms with Gasteiger partial charge in [-0.15, -0.1) is 0 Å². The Balaban J connectivity index is 2.25. The lowest BCUT2D eigenvalue weighted by atomic mass is 10.0. The Kier molecular flexibility index (Phi) is 18.2. The molecular formula is C34H48N8O13S. The number of carbonyl (C=O) groups is 9. The van der Waals surface area contributed by atoms with Gasteiger partial charge in [-0.1, -0.05) is 32.0 Å². The van der Waals surface area contributed by atoms with Gasteiger partial charge in [0.2, 0.25) is 35.4 Å². The highest BCUT2D eigenvalue weighted by atomic mass is 32.1. The summed E-state index contributed by atoms with van der Waals surface area (Å²) < 4.78 is 0. The van der Waals surface area contributed by atoms with Gasteiger partial charge in [-0.2, -0.15) is 12.6 Å². The van der Waals surface area contributed by atoms with E-state index in [0.717, 1.165) is 6.92 Å². The molecule has 6 amide bonds. The number of para-hydroxylation sites is 1. The number of benzene rings is 1. The zero-order valence-electron chi connectivity index (χ0n) is 30.7. The van der Waals surface area contributed by atoms with Crippen LogP contribution in [-0.4, -0.2) is 133 Å². The number of rotatable bonds is 23. The van der Waals surface area contributed by atoms with Crippen LogP contribution in [0, 0.1) is 5.92 Å². The van der Waals surface area contributed by atoms with Crippen LogP contribution in [0.2, 0.25) is 0 Å². The number of aromatic nitrogens is 1. The highest BCUT2D eigenvalue weighted by Gasteiger charge is 2.35. The van der Waals surface area contributed by atoms with Crippen LogP contribution in [0.25, 0.3) is 10.9 Å². The predicted molar refractivity (Wildman–Crippen MR) is 200 cm³/mol. The Labute approximate surface area is 325 Å². The Bertz CT molecular complexity index is 1770. The van der Waals surface area contributed by atoms with Crippen LogP contribution in [0.3, 0.4) is 0 Å². The lowest BCUT2D eigenvalue weighted by molar-refractivity contribution is -0.143. The van der Waals surface area contributed by atoms with Crippen molar-refractivity contribution in [2.75, 3.05) is 12.3 Å². The molecule has 0 saturated carbocycles. The zero-order chi connectivity index (χ0) is 42.3. The Morgan fingerprint density at radius 1 is 0.750 bits per heavy atom. The summed E-state index contributed by atoms with van der Waals surface area (Å²) in [4.78, 5) is 116. The maximum absolute atomic E-state index is 13.6. The van der Waals surface area contributed by atoms with Gasteiger partial charge >= 0.3 is 17.9 Å². The predicted octanol–water partition coefficient (Wildman–Crippen LogP) is -3.03. The summed E-state index contributed by atoms with van der Waals surface area (Å²) in [6.45, 7) is 3.36. The molecule has 0 aliphatic carbocycles. The second-order valence-electron chi connectivity index (χ2n) is 13.1. The molecule has 7 atom stereocenters. The molecule has 0 aliphatic rings. The average molecular weight is 809 g/mol. The normalized spacial score (nSPS) is 14.8. The maximum Gasteiger partial charge on any atom is 0.326 e. The summed E-state index contributed by atoms with van der Waals surface area (Å²) in [5.41, 5.74) is 6.86. The average Bonchev–Trinajstić information content (AvgIpc) is 3.53. The van der Waals surface area contributed by atoms with Crippen molar-refractivity contribution in [2.45, 2.75) is 88.8 Å². The van der Waals surface area contributed by atoms with E-state index in [9.17, 15) is 58.5 Å². The molecule has 1 heterocycles. The largest absolute Gasteiger partial charge is 0.481 e. The smallest absolute Gasteiger partial charge is 0.326 e. The number of thiol groups is 1. The number of nitrogens with one attached hydrogen (secondary N) is 7. The van der Waals surface area contributed by atoms with Crippen LogP contribution < -0.4 is 37.6 Å². The molecule has 0 spiro atoms. The van der Waals surface area contributed by atoms with E-state index in [0.29, 0.717) is 16.5 Å². The first kappa shape index (κ1) is 46.4. The maximum atomic E-state index is 13.6. The fourth-order valence-electron chi connectivity index (χ4n) is 5.24. The summed E-state index contributed by atoms with van der Waals surface area (Å²) in [6.07, 6.45) is -2.20. The number of carboxylic acid groups (broad SMARTS) is 3. The van der Waals surface area contributed by atoms with Gasteiger partial charge in [0.15, 0.2) is 0 Å². The van der Waals surface area contributed by atoms with Gasteiger partial charge < -0.3 is 63.0 Å². The van der Waals surface area contributed by atoms with Gasteiger partial charge in [0, 0.05) is 35.7 Å². The number of aliphatic carboxylic acids is 3. The third-order valence-electron chi connectivity index (χ3n) is 8.29. The van der Waals surface area contributed by atoms with Crippen LogP contribution in [0.15, 0.2) is 30.5 Å². The molecule has 56 heavy (non-hydrogen) atoms. The molecule has 21 nitrogen and oxygen atoms in total. The number of aromatic amines is 1. The first-order valence-corrected chi connectivity index (χ1v) is 17.9. The van der Waals surface area contributed by atoms with Gasteiger partial charge in [0.1, 0.15) is 30.2 Å². The molecule has 0 unspecified atom stereocenters. The number of carboxylic acids is 3. The molecule has 22 heteroatoms. The van der Waals surface area contributed by atoms with Gasteiger partial charge in [0.25, 0.3) is 0 Å². The monoisotopic (exact) mass is 808 g/mol. The van der Waals surface area contributed by atoms with Crippen LogP contribution in [0.1, 0.15) is 45.6 Å². The summed E-state index contributed by atoms with van der Waals surface area (Å²) in [6, 6.07) is -2.05. The standard InChI is InChI=1S/C34H48N8O13S/c1-15(2)27(34(54)55)41-31(51)22(10-17-12-36-20-7-5-4-6-18(17)20)40-33(53)28(16(3)43)42-32(52)23(11-26(47)48)38-24(44)13-37-30(50)21(8-9-25(45)46)39-29(49)19(35)14-56/h4-7,12,15-16,19,21-23,27-28,36,43,56H,8-11,13-14,35H2,1-3H3,(H,37,50)(H,38,44)(H,39,49)(H,40,53)(H,41,51)(H,42,52)(H,45,46)(H,47,48)(H,54,55)/t16-,19+,21+,22+,23+,27+,28+/m1/s1. The quantitative estimate of drug-likeness (QED) is 0.0497. The van der Waals surface area contributed by atoms with Crippen molar-refractivity contribution in [3.63, 3.8) is 0 Å². The number of hydrogen-bond donors (Lipinski definition) is 13. The molecule has 2 rings (SSSR count). The van der Waals surface area contributed by atoms with Crippen molar-refractivity contribution in [2.24, 2.45) is 11.7 Å². The Morgan fingerprint density at radius 2 is 1.36 bits per heavy atom. The van der Waals surface area contributed by atoms with Gasteiger partial charge in [0.05, 0.1) is 25.1 Å². The minimum Gasteiger partial charge on any atom is -0.481 e. The molecule has 0 radical (unpaired) electrons. The van der Waals surface area contributed by atoms with Crippen LogP contribution in [0.4, 0.5) is 0 Å². The summed E-state index contributed by atoms with van der Waals surface area (Å²) in [7, 11) is 0. The Hall–Kier alpha value is -5.74. The molecule has 2 aromatic rings. The number of carbonyl (C=O) groups excluding carboxylic acids is 6. The van der Waals surface area contributed by atoms with E-state index in [4.69, 9.17) is 10.8 Å². The number of amides is 6. The number of fused-ring (bicyclic) bond motifs is 1. The van der Waals surface area contributed by atoms with Crippen LogP contribution >= 0.6 is 12.6 Å². The van der Waals surface area contributed by atoms with Crippen molar-refractivity contribution >= 4 is 76.9 Å². The van der Waals surface area contributed by atoms with Crippen molar-refractivity contribution in [1.29, 1.82) is 0 Å². The van der Waals surface area contributed by atoms with E-state index in [2.05, 4.69) is 49.5 Å². The Morgan fingerprint density at radius 3 is 1.93 bits per heavy atom. The third-order valence-corrected chi connectivity index (χ3v) is 8.69. The number of nitrogens with two attached hydrogens (primary N) is 1. The highest BCUT2D eigenvalue weighted by molar-refractivity contribution is 7.80. The fourth-order valence-corrected chi connectivity index (χ4v) is 5.40. The van der Waals surface area contributed by atoms with Gasteiger partial charge in [-0.25, -0.2) is 4.79 Å². The van der Waals surface area contributed by atoms with E-state index in [-0.39, 0.29) is 18.6 Å². The summed E-state index contributed by atoms with van der Waals surface area (Å²) in [5, 5.41) is 52.8. The number of aliphatic hydroxyl groups excluding tert-OH is 1. The summed E-state index contributed by atoms with van der Waals surface area (Å²) in [5.74, 6) is -11.0. The molecule has 13 N–H and O–H groups in total. The lowest BCUT2D eigenvalue weighted by Gasteiger charge is -2.27. The van der Waals surface area contributed by atoms with Crippen LogP contribution in [-0.2, 0) is 49.6 Å². The van der Waals surface area contributed by atoms with Crippen molar-refractivity contribution < 1.29 is 63.6 Å². The number of aliphatic hydroxyl groups is 1. The number of H-pyrrole nitrogens is 1. The van der Waals surface area contributed by atoms with E-state index < -0.39 is 121 Å². The number of hydrogen-bond acceptors (Lipinski definition) is 12. The first-order chi connectivity index (χ1) is 26.2. The van der Waals surface area contributed by atoms with Gasteiger partial charge in [-0.3, -0.25) is 38.4 Å². The van der Waals surface area contributed by atoms with Crippen molar-refractivity contribution in [1.82, 2.24) is 36.9 Å². The van der Waals surface area contributed by atoms with E-state index in [1.807, 2.05) is 0 Å². The topological polar surface area (TPSA) is 349 Å². The third kappa shape index (κ3) is 14.5. The lowest BCUT2D eigenvalue weighted by Crippen LogP contribution is -2.61. The second kappa shape index (κ2) is 22.0. The zero-order valence-corrected chi connectivity index (χ0v) is 31.6. The molecule has 0 fully saturated rings. The second-order valence-corrected chi connectivity index (χ2v) is 13.5. The molecule has 0 bridgehead atoms.